The van der Waals surface area contributed by atoms with Crippen LogP contribution < -0.4 is 0 Å². The van der Waals surface area contributed by atoms with Gasteiger partial charge in [-0.15, -0.1) is 5.10 Å². The van der Waals surface area contributed by atoms with Gasteiger partial charge in [-0.25, -0.2) is 4.68 Å². The quantitative estimate of drug-likeness (QED) is 0.586. The van der Waals surface area contributed by atoms with E-state index >= 15 is 0 Å². The Morgan fingerprint density at radius 2 is 1.97 bits per heavy atom. The van der Waals surface area contributed by atoms with Crippen LogP contribution in [0.2, 0.25) is 0 Å². The highest BCUT2D eigenvalue weighted by Gasteiger charge is 2.33. The fourth-order valence-corrected chi connectivity index (χ4v) is 4.53. The predicted octanol–water partition coefficient (Wildman–Crippen LogP) is 2.30. The molecule has 32 heavy (non-hydrogen) atoms. The maximum Gasteiger partial charge on any atom is 0.289 e. The highest BCUT2D eigenvalue weighted by molar-refractivity contribution is 5.91. The van der Waals surface area contributed by atoms with E-state index in [4.69, 9.17) is 9.15 Å². The second-order valence-electron chi connectivity index (χ2n) is 8.47. The van der Waals surface area contributed by atoms with Crippen LogP contribution in [0, 0.1) is 6.92 Å². The normalized spacial score (nSPS) is 20.5. The van der Waals surface area contributed by atoms with E-state index < -0.39 is 0 Å². The number of furan rings is 1. The Kier molecular flexibility index (Phi) is 6.00. The molecule has 0 saturated carbocycles. The summed E-state index contributed by atoms with van der Waals surface area (Å²) < 4.78 is 13.0. The molecular formula is C23H28N6O3. The molecule has 0 spiro atoms. The predicted molar refractivity (Wildman–Crippen MR) is 116 cm³/mol. The number of nitrogens with zero attached hydrogens (tertiary/aromatic N) is 6. The molecule has 9 heteroatoms. The SMILES string of the molecule is Cc1ccc([C@@H](c2nnnn2C[C@@H]2CCCO2)N2CCN(C(=O)c3ccco3)CC2)cc1. The van der Waals surface area contributed by atoms with Crippen LogP contribution in [0.15, 0.2) is 47.1 Å². The van der Waals surface area contributed by atoms with Crippen LogP contribution in [0.5, 0.6) is 0 Å². The fraction of sp³-hybridized carbons (Fsp3) is 0.478. The number of amides is 1. The zero-order valence-corrected chi connectivity index (χ0v) is 18.3. The molecule has 0 bridgehead atoms. The summed E-state index contributed by atoms with van der Waals surface area (Å²) in [5, 5.41) is 12.7. The number of benzene rings is 1. The van der Waals surface area contributed by atoms with Crippen LogP contribution in [0.1, 0.15) is 46.4 Å². The Hall–Kier alpha value is -3.04. The molecule has 2 fully saturated rings. The van der Waals surface area contributed by atoms with E-state index in [1.165, 1.54) is 11.8 Å². The van der Waals surface area contributed by atoms with Gasteiger partial charge in [0, 0.05) is 32.8 Å². The number of aromatic nitrogens is 4. The van der Waals surface area contributed by atoms with Crippen LogP contribution in [-0.2, 0) is 11.3 Å². The first-order chi connectivity index (χ1) is 15.7. The average Bonchev–Trinajstić information content (AvgIpc) is 3.60. The average molecular weight is 437 g/mol. The molecule has 2 aromatic heterocycles. The van der Waals surface area contributed by atoms with Crippen LogP contribution in [0.4, 0.5) is 0 Å². The van der Waals surface area contributed by atoms with Crippen LogP contribution >= 0.6 is 0 Å². The summed E-state index contributed by atoms with van der Waals surface area (Å²) in [5.74, 6) is 1.13. The lowest BCUT2D eigenvalue weighted by Crippen LogP contribution is -2.50. The molecule has 168 valence electrons. The third kappa shape index (κ3) is 4.31. The highest BCUT2D eigenvalue weighted by atomic mass is 16.5. The fourth-order valence-electron chi connectivity index (χ4n) is 4.53. The first kappa shape index (κ1) is 20.8. The van der Waals surface area contributed by atoms with Crippen molar-refractivity contribution in [2.24, 2.45) is 0 Å². The van der Waals surface area contributed by atoms with E-state index in [1.54, 1.807) is 12.1 Å². The van der Waals surface area contributed by atoms with Gasteiger partial charge in [-0.1, -0.05) is 29.8 Å². The number of carbonyl (C=O) groups is 1. The number of piperazine rings is 1. The molecule has 5 rings (SSSR count). The van der Waals surface area contributed by atoms with Crippen molar-refractivity contribution in [1.82, 2.24) is 30.0 Å². The standard InChI is InChI=1S/C23H28N6O3/c1-17-6-8-18(9-7-17)21(22-24-25-26-29(22)16-19-4-2-14-31-19)27-10-12-28(13-11-27)23(30)20-5-3-15-32-20/h3,5-9,15,19,21H,2,4,10-14,16H2,1H3/t19-,21-/m0/s1. The van der Waals surface area contributed by atoms with Crippen molar-refractivity contribution in [1.29, 1.82) is 0 Å². The molecule has 2 aliphatic rings. The van der Waals surface area contributed by atoms with Crippen molar-refractivity contribution in [3.05, 3.63) is 65.4 Å². The number of carbonyl (C=O) groups excluding carboxylic acids is 1. The summed E-state index contributed by atoms with van der Waals surface area (Å²) in [7, 11) is 0. The summed E-state index contributed by atoms with van der Waals surface area (Å²) in [6.45, 7) is 6.22. The van der Waals surface area contributed by atoms with E-state index in [0.717, 1.165) is 43.9 Å². The number of rotatable bonds is 6. The molecular weight excluding hydrogens is 408 g/mol. The van der Waals surface area contributed by atoms with Gasteiger partial charge in [0.05, 0.1) is 25.0 Å². The van der Waals surface area contributed by atoms with Crippen LogP contribution in [0.25, 0.3) is 0 Å². The number of tetrazole rings is 1. The molecule has 1 aromatic carbocycles. The van der Waals surface area contributed by atoms with E-state index in [2.05, 4.69) is 51.6 Å². The van der Waals surface area contributed by atoms with Crippen molar-refractivity contribution in [3.8, 4) is 0 Å². The number of hydrogen-bond donors (Lipinski definition) is 0. The monoisotopic (exact) mass is 436 g/mol. The molecule has 2 aliphatic heterocycles. The highest BCUT2D eigenvalue weighted by Crippen LogP contribution is 2.29. The van der Waals surface area contributed by atoms with Gasteiger partial charge in [0.25, 0.3) is 5.91 Å². The first-order valence-electron chi connectivity index (χ1n) is 11.2. The minimum atomic E-state index is -0.0899. The van der Waals surface area contributed by atoms with E-state index in [9.17, 15) is 4.79 Å². The molecule has 2 saturated heterocycles. The third-order valence-corrected chi connectivity index (χ3v) is 6.30. The maximum atomic E-state index is 12.7. The zero-order valence-electron chi connectivity index (χ0n) is 18.3. The molecule has 0 aliphatic carbocycles. The first-order valence-corrected chi connectivity index (χ1v) is 11.2. The van der Waals surface area contributed by atoms with Gasteiger partial charge in [-0.05, 0) is 47.9 Å². The summed E-state index contributed by atoms with van der Waals surface area (Å²) >= 11 is 0. The molecule has 0 N–H and O–H groups in total. The summed E-state index contributed by atoms with van der Waals surface area (Å²) in [4.78, 5) is 16.9. The topological polar surface area (TPSA) is 89.5 Å². The lowest BCUT2D eigenvalue weighted by molar-refractivity contribution is 0.0551. The minimum Gasteiger partial charge on any atom is -0.459 e. The lowest BCUT2D eigenvalue weighted by atomic mass is 10.0. The summed E-state index contributed by atoms with van der Waals surface area (Å²) in [6, 6.07) is 11.9. The van der Waals surface area contributed by atoms with Gasteiger partial charge >= 0.3 is 0 Å². The minimum absolute atomic E-state index is 0.0650. The van der Waals surface area contributed by atoms with E-state index in [-0.39, 0.29) is 18.1 Å². The summed E-state index contributed by atoms with van der Waals surface area (Å²) in [6.07, 6.45) is 3.79. The lowest BCUT2D eigenvalue weighted by Gasteiger charge is -2.38. The number of hydrogen-bond acceptors (Lipinski definition) is 7. The van der Waals surface area contributed by atoms with Gasteiger partial charge in [-0.3, -0.25) is 9.69 Å². The molecule has 9 nitrogen and oxygen atoms in total. The van der Waals surface area contributed by atoms with E-state index in [0.29, 0.717) is 25.4 Å². The third-order valence-electron chi connectivity index (χ3n) is 6.30. The number of ether oxygens (including phenoxy) is 1. The van der Waals surface area contributed by atoms with Crippen molar-refractivity contribution in [2.75, 3.05) is 32.8 Å². The molecule has 1 amide bonds. The second kappa shape index (κ2) is 9.22. The van der Waals surface area contributed by atoms with Gasteiger partial charge in [0.15, 0.2) is 11.6 Å². The Labute approximate surface area is 186 Å². The van der Waals surface area contributed by atoms with Crippen molar-refractivity contribution in [3.63, 3.8) is 0 Å². The summed E-state index contributed by atoms with van der Waals surface area (Å²) in [5.41, 5.74) is 2.35. The van der Waals surface area contributed by atoms with Crippen LogP contribution in [0.3, 0.4) is 0 Å². The molecule has 3 aromatic rings. The van der Waals surface area contributed by atoms with Crippen molar-refractivity contribution in [2.45, 2.75) is 38.5 Å². The van der Waals surface area contributed by atoms with Crippen LogP contribution in [-0.4, -0.2) is 74.8 Å². The van der Waals surface area contributed by atoms with Gasteiger partial charge in [-0.2, -0.15) is 0 Å². The Balaban J connectivity index is 1.38. The van der Waals surface area contributed by atoms with Crippen molar-refractivity contribution >= 4 is 5.91 Å². The Bertz CT molecular complexity index is 1020. The zero-order chi connectivity index (χ0) is 21.9. The number of aryl methyl sites for hydroxylation is 1. The molecule has 0 unspecified atom stereocenters. The van der Waals surface area contributed by atoms with Gasteiger partial charge < -0.3 is 14.1 Å². The van der Waals surface area contributed by atoms with Crippen molar-refractivity contribution < 1.29 is 13.9 Å². The van der Waals surface area contributed by atoms with Gasteiger partial charge in [0.1, 0.15) is 0 Å². The molecule has 0 radical (unpaired) electrons. The maximum absolute atomic E-state index is 12.7. The molecule has 2 atom stereocenters. The Morgan fingerprint density at radius 3 is 2.66 bits per heavy atom. The van der Waals surface area contributed by atoms with Gasteiger partial charge in [0.2, 0.25) is 0 Å². The largest absolute Gasteiger partial charge is 0.459 e. The Morgan fingerprint density at radius 1 is 1.16 bits per heavy atom. The van der Waals surface area contributed by atoms with E-state index in [1.807, 2.05) is 9.58 Å². The second-order valence-corrected chi connectivity index (χ2v) is 8.47. The molecule has 4 heterocycles. The smallest absolute Gasteiger partial charge is 0.289 e.